The zero-order chi connectivity index (χ0) is 41.6. The molecule has 0 aliphatic heterocycles. The number of hydrogen-bond donors (Lipinski definition) is 1. The second-order valence-electron chi connectivity index (χ2n) is 18.9. The summed E-state index contributed by atoms with van der Waals surface area (Å²) in [6, 6.07) is 0. The average Bonchev–Trinajstić information content (AvgIpc) is 3.20. The number of nitrogens with one attached hydrogen (secondary N) is 1. The minimum Gasteiger partial charge on any atom is -0.259 e. The Hall–Kier alpha value is 1.26. The zero-order valence-corrected chi connectivity index (χ0v) is 43.6. The van der Waals surface area contributed by atoms with Crippen molar-refractivity contribution < 1.29 is 0 Å². The SMILES string of the molecule is CCCCCCCCCCCCCP(=S)(CCCCCCCCCCCCC)NP(=S)(CCCCCCCCCCCCC)CCCCCCCCCCCCC. The molecule has 0 atom stereocenters. The molecular formula is C52H109NP2S2. The van der Waals surface area contributed by atoms with Crippen LogP contribution in [0.25, 0.3) is 0 Å². The Balaban J connectivity index is 5.11. The molecule has 0 fully saturated rings. The number of unbranched alkanes of at least 4 members (excludes halogenated alkanes) is 40. The summed E-state index contributed by atoms with van der Waals surface area (Å²) in [4.78, 5) is 4.40. The lowest BCUT2D eigenvalue weighted by Crippen LogP contribution is -2.17. The molecule has 0 aliphatic carbocycles. The third-order valence-corrected chi connectivity index (χ3v) is 23.6. The van der Waals surface area contributed by atoms with Crippen molar-refractivity contribution in [1.82, 2.24) is 4.86 Å². The van der Waals surface area contributed by atoms with Crippen molar-refractivity contribution >= 4 is 36.0 Å². The van der Waals surface area contributed by atoms with Crippen LogP contribution in [0.3, 0.4) is 0 Å². The normalized spacial score (nSPS) is 12.3. The van der Waals surface area contributed by atoms with Crippen LogP contribution in [0, 0.1) is 0 Å². The second-order valence-corrected chi connectivity index (χ2v) is 29.3. The van der Waals surface area contributed by atoms with E-state index in [9.17, 15) is 0 Å². The smallest absolute Gasteiger partial charge is 0.0164 e. The van der Waals surface area contributed by atoms with Crippen molar-refractivity contribution in [2.24, 2.45) is 0 Å². The summed E-state index contributed by atoms with van der Waals surface area (Å²) >= 11 is 13.7. The van der Waals surface area contributed by atoms with E-state index in [0.717, 1.165) is 0 Å². The van der Waals surface area contributed by atoms with Gasteiger partial charge in [0.05, 0.1) is 0 Å². The van der Waals surface area contributed by atoms with Crippen molar-refractivity contribution in [1.29, 1.82) is 0 Å². The van der Waals surface area contributed by atoms with Crippen LogP contribution < -0.4 is 4.86 Å². The minimum atomic E-state index is -1.63. The molecule has 0 aromatic rings. The molecule has 1 N–H and O–H groups in total. The van der Waals surface area contributed by atoms with Gasteiger partial charge in [-0.15, -0.1) is 0 Å². The highest BCUT2D eigenvalue weighted by Crippen LogP contribution is 2.57. The van der Waals surface area contributed by atoms with Gasteiger partial charge in [-0.05, 0) is 50.3 Å². The Morgan fingerprint density at radius 3 is 0.474 bits per heavy atom. The largest absolute Gasteiger partial charge is 0.259 e. The van der Waals surface area contributed by atoms with E-state index in [2.05, 4.69) is 32.6 Å². The standard InChI is InChI=1S/C52H109NP2S2/c1-5-9-13-17-21-25-29-33-37-41-45-49-54(56,50-46-42-38-34-30-26-22-18-14-10-6-2)53-55(57,51-47-43-39-35-31-27-23-19-15-11-7-3)52-48-44-40-36-32-28-24-20-16-12-8-4/h5-52H2,1-4H3,(H,53,56,57). The minimum absolute atomic E-state index is 1.27. The lowest BCUT2D eigenvalue weighted by Gasteiger charge is -2.33. The van der Waals surface area contributed by atoms with E-state index in [4.69, 9.17) is 23.6 Å². The van der Waals surface area contributed by atoms with Crippen molar-refractivity contribution in [2.45, 2.75) is 310 Å². The van der Waals surface area contributed by atoms with E-state index < -0.39 is 12.4 Å². The third kappa shape index (κ3) is 43.7. The lowest BCUT2D eigenvalue weighted by molar-refractivity contribution is 0.553. The van der Waals surface area contributed by atoms with Crippen LogP contribution in [0.5, 0.6) is 0 Å². The van der Waals surface area contributed by atoms with Crippen LogP contribution in [-0.4, -0.2) is 24.6 Å². The fourth-order valence-corrected chi connectivity index (χ4v) is 21.4. The Morgan fingerprint density at radius 2 is 0.333 bits per heavy atom. The quantitative estimate of drug-likeness (QED) is 0.0483. The molecular weight excluding hydrogens is 765 g/mol. The summed E-state index contributed by atoms with van der Waals surface area (Å²) in [6.07, 6.45) is 64.1. The zero-order valence-electron chi connectivity index (χ0n) is 40.2. The van der Waals surface area contributed by atoms with Gasteiger partial charge >= 0.3 is 0 Å². The van der Waals surface area contributed by atoms with Gasteiger partial charge in [0.25, 0.3) is 0 Å². The number of rotatable bonds is 50. The van der Waals surface area contributed by atoms with Gasteiger partial charge in [-0.25, -0.2) is 0 Å². The van der Waals surface area contributed by atoms with Gasteiger partial charge in [-0.2, -0.15) is 0 Å². The van der Waals surface area contributed by atoms with Gasteiger partial charge in [0, 0.05) is 12.4 Å². The van der Waals surface area contributed by atoms with Crippen molar-refractivity contribution in [2.75, 3.05) is 24.6 Å². The molecule has 0 spiro atoms. The third-order valence-electron chi connectivity index (χ3n) is 12.9. The van der Waals surface area contributed by atoms with Gasteiger partial charge in [-0.3, -0.25) is 4.86 Å². The molecule has 344 valence electrons. The van der Waals surface area contributed by atoms with Crippen LogP contribution in [-0.2, 0) is 23.6 Å². The van der Waals surface area contributed by atoms with E-state index >= 15 is 0 Å². The molecule has 57 heavy (non-hydrogen) atoms. The van der Waals surface area contributed by atoms with Gasteiger partial charge in [0.15, 0.2) is 0 Å². The summed E-state index contributed by atoms with van der Waals surface area (Å²) < 4.78 is 0. The van der Waals surface area contributed by atoms with Gasteiger partial charge in [0.1, 0.15) is 0 Å². The average molecular weight is 875 g/mol. The predicted octanol–water partition coefficient (Wildman–Crippen LogP) is 20.6. The maximum atomic E-state index is 6.83. The highest BCUT2D eigenvalue weighted by Gasteiger charge is 2.25. The molecule has 0 heterocycles. The van der Waals surface area contributed by atoms with Crippen molar-refractivity contribution in [3.8, 4) is 0 Å². The van der Waals surface area contributed by atoms with E-state index in [1.54, 1.807) is 0 Å². The maximum Gasteiger partial charge on any atom is 0.0164 e. The molecule has 0 radical (unpaired) electrons. The predicted molar refractivity (Wildman–Crippen MR) is 277 cm³/mol. The fraction of sp³-hybridized carbons (Fsp3) is 1.00. The molecule has 0 unspecified atom stereocenters. The van der Waals surface area contributed by atoms with Crippen LogP contribution in [0.4, 0.5) is 0 Å². The Bertz CT molecular complexity index is 735. The molecule has 0 rings (SSSR count). The van der Waals surface area contributed by atoms with Crippen LogP contribution >= 0.6 is 12.4 Å². The summed E-state index contributed by atoms with van der Waals surface area (Å²) in [6.45, 7) is 9.29. The first kappa shape index (κ1) is 58.3. The van der Waals surface area contributed by atoms with Crippen LogP contribution in [0.15, 0.2) is 0 Å². The molecule has 0 aromatic heterocycles. The fourth-order valence-electron chi connectivity index (χ4n) is 8.88. The van der Waals surface area contributed by atoms with E-state index in [0.29, 0.717) is 0 Å². The first-order valence-corrected chi connectivity index (χ1v) is 33.3. The molecule has 0 aromatic carbocycles. The molecule has 1 nitrogen and oxygen atoms in total. The summed E-state index contributed by atoms with van der Waals surface area (Å²) in [7, 11) is 0. The molecule has 0 aliphatic rings. The van der Waals surface area contributed by atoms with Crippen LogP contribution in [0.2, 0.25) is 0 Å². The first-order valence-electron chi connectivity index (χ1n) is 26.9. The highest BCUT2D eigenvalue weighted by molar-refractivity contribution is 8.22. The topological polar surface area (TPSA) is 12.0 Å². The molecule has 5 heteroatoms. The molecule has 0 saturated carbocycles. The number of hydrogen-bond acceptors (Lipinski definition) is 2. The lowest BCUT2D eigenvalue weighted by atomic mass is 10.1. The highest BCUT2D eigenvalue weighted by atomic mass is 32.5. The van der Waals surface area contributed by atoms with E-state index in [-0.39, 0.29) is 0 Å². The Labute approximate surface area is 373 Å². The monoisotopic (exact) mass is 874 g/mol. The van der Waals surface area contributed by atoms with Gasteiger partial charge in [-0.1, -0.05) is 308 Å². The summed E-state index contributed by atoms with van der Waals surface area (Å²) in [5, 5.41) is 0. The Morgan fingerprint density at radius 1 is 0.211 bits per heavy atom. The summed E-state index contributed by atoms with van der Waals surface area (Å²) in [5.41, 5.74) is 0. The van der Waals surface area contributed by atoms with Crippen molar-refractivity contribution in [3.05, 3.63) is 0 Å². The van der Waals surface area contributed by atoms with E-state index in [1.165, 1.54) is 307 Å². The Kier molecular flexibility index (Phi) is 47.8. The van der Waals surface area contributed by atoms with E-state index in [1.807, 2.05) is 0 Å². The van der Waals surface area contributed by atoms with Gasteiger partial charge in [0.2, 0.25) is 0 Å². The second kappa shape index (κ2) is 46.8. The molecule has 0 saturated heterocycles. The van der Waals surface area contributed by atoms with Crippen molar-refractivity contribution in [3.63, 3.8) is 0 Å². The first-order chi connectivity index (χ1) is 27.9. The maximum absolute atomic E-state index is 6.83. The summed E-state index contributed by atoms with van der Waals surface area (Å²) in [5.74, 6) is 0. The van der Waals surface area contributed by atoms with Gasteiger partial charge < -0.3 is 0 Å². The molecule has 0 amide bonds. The molecule has 0 bridgehead atoms. The van der Waals surface area contributed by atoms with Crippen LogP contribution in [0.1, 0.15) is 310 Å².